The van der Waals surface area contributed by atoms with Gasteiger partial charge in [-0.1, -0.05) is 18.2 Å². The minimum Gasteiger partial charge on any atom is -0.378 e. The van der Waals surface area contributed by atoms with E-state index in [1.54, 1.807) is 11.3 Å². The number of aromatic nitrogens is 1. The number of aliphatic imine (C=N–C) groups is 1. The predicted octanol–water partition coefficient (Wildman–Crippen LogP) is 3.47. The average molecular weight is 515 g/mol. The molecule has 0 atom stereocenters. The minimum atomic E-state index is 0. The fourth-order valence-electron chi connectivity index (χ4n) is 3.04. The van der Waals surface area contributed by atoms with Gasteiger partial charge in [0.25, 0.3) is 0 Å². The second-order valence-electron chi connectivity index (χ2n) is 6.53. The van der Waals surface area contributed by atoms with Crippen LogP contribution in [0.1, 0.15) is 28.1 Å². The van der Waals surface area contributed by atoms with Crippen LogP contribution >= 0.6 is 35.3 Å². The lowest BCUT2D eigenvalue weighted by molar-refractivity contribution is 0.122. The van der Waals surface area contributed by atoms with Crippen molar-refractivity contribution in [1.29, 1.82) is 0 Å². The Morgan fingerprint density at radius 3 is 2.64 bits per heavy atom. The number of aryl methyl sites for hydroxylation is 2. The number of para-hydroxylation sites is 1. The van der Waals surface area contributed by atoms with Crippen LogP contribution in [0, 0.1) is 13.8 Å². The normalized spacial score (nSPS) is 14.5. The maximum Gasteiger partial charge on any atom is 0.191 e. The van der Waals surface area contributed by atoms with E-state index in [9.17, 15) is 0 Å². The molecule has 0 bridgehead atoms. The molecule has 0 amide bonds. The molecule has 2 aromatic rings. The number of hydrogen-bond acceptors (Lipinski definition) is 5. The van der Waals surface area contributed by atoms with Gasteiger partial charge in [-0.2, -0.15) is 0 Å². The largest absolute Gasteiger partial charge is 0.378 e. The quantitative estimate of drug-likeness (QED) is 0.351. The highest BCUT2D eigenvalue weighted by molar-refractivity contribution is 14.0. The zero-order chi connectivity index (χ0) is 19.1. The van der Waals surface area contributed by atoms with Crippen LogP contribution in [0.4, 0.5) is 5.69 Å². The van der Waals surface area contributed by atoms with Gasteiger partial charge in [0.1, 0.15) is 5.01 Å². The first-order valence-electron chi connectivity index (χ1n) is 9.53. The monoisotopic (exact) mass is 515 g/mol. The molecule has 0 saturated carbocycles. The standard InChI is InChI=1S/C20H29N5OS.HI/c1-4-21-20(23-14-19-24-15(2)16(3)27-19)22-13-17-7-5-6-8-18(17)25-9-11-26-12-10-25;/h5-8H,4,9-14H2,1-3H3,(H2,21,22,23);1H. The third-order valence-corrected chi connectivity index (χ3v) is 5.65. The fraction of sp³-hybridized carbons (Fsp3) is 0.500. The van der Waals surface area contributed by atoms with Gasteiger partial charge in [-0.25, -0.2) is 9.98 Å². The Balaban J connectivity index is 0.00000280. The van der Waals surface area contributed by atoms with Crippen LogP contribution in [0.15, 0.2) is 29.3 Å². The molecule has 8 heteroatoms. The molecule has 1 aromatic heterocycles. The van der Waals surface area contributed by atoms with Gasteiger partial charge < -0.3 is 20.3 Å². The van der Waals surface area contributed by atoms with Crippen LogP contribution < -0.4 is 15.5 Å². The summed E-state index contributed by atoms with van der Waals surface area (Å²) in [4.78, 5) is 13.0. The van der Waals surface area contributed by atoms with Crippen molar-refractivity contribution in [2.24, 2.45) is 4.99 Å². The molecular weight excluding hydrogens is 485 g/mol. The highest BCUT2D eigenvalue weighted by atomic mass is 127. The zero-order valence-corrected chi connectivity index (χ0v) is 20.0. The number of ether oxygens (including phenoxy) is 1. The number of nitrogens with one attached hydrogen (secondary N) is 2. The molecule has 28 heavy (non-hydrogen) atoms. The van der Waals surface area contributed by atoms with E-state index in [2.05, 4.69) is 65.6 Å². The van der Waals surface area contributed by atoms with E-state index in [0.717, 1.165) is 49.5 Å². The van der Waals surface area contributed by atoms with Gasteiger partial charge >= 0.3 is 0 Å². The van der Waals surface area contributed by atoms with Crippen molar-refractivity contribution in [2.75, 3.05) is 37.7 Å². The second-order valence-corrected chi connectivity index (χ2v) is 7.81. The summed E-state index contributed by atoms with van der Waals surface area (Å²) >= 11 is 1.74. The lowest BCUT2D eigenvalue weighted by atomic mass is 10.1. The SMILES string of the molecule is CCNC(=NCc1ccccc1N1CCOCC1)NCc1nc(C)c(C)s1.I. The summed E-state index contributed by atoms with van der Waals surface area (Å²) in [5, 5.41) is 7.81. The molecule has 0 spiro atoms. The van der Waals surface area contributed by atoms with Crippen molar-refractivity contribution >= 4 is 47.0 Å². The highest BCUT2D eigenvalue weighted by Crippen LogP contribution is 2.22. The predicted molar refractivity (Wildman–Crippen MR) is 128 cm³/mol. The van der Waals surface area contributed by atoms with E-state index < -0.39 is 0 Å². The number of thiazole rings is 1. The number of hydrogen-bond donors (Lipinski definition) is 2. The summed E-state index contributed by atoms with van der Waals surface area (Å²) in [6.45, 7) is 11.8. The third-order valence-electron chi connectivity index (χ3n) is 4.58. The first kappa shape index (κ1) is 22.9. The van der Waals surface area contributed by atoms with Crippen molar-refractivity contribution in [3.63, 3.8) is 0 Å². The Kier molecular flexibility index (Phi) is 9.46. The summed E-state index contributed by atoms with van der Waals surface area (Å²) in [7, 11) is 0. The molecular formula is C20H30IN5OS. The zero-order valence-electron chi connectivity index (χ0n) is 16.8. The molecule has 1 aliphatic rings. The number of rotatable bonds is 6. The number of halogens is 1. The fourth-order valence-corrected chi connectivity index (χ4v) is 3.91. The molecule has 3 rings (SSSR count). The van der Waals surface area contributed by atoms with E-state index in [0.29, 0.717) is 13.1 Å². The van der Waals surface area contributed by atoms with Crippen LogP contribution in [-0.2, 0) is 17.8 Å². The Morgan fingerprint density at radius 2 is 1.96 bits per heavy atom. The van der Waals surface area contributed by atoms with E-state index in [1.807, 2.05) is 0 Å². The number of guanidine groups is 1. The number of anilines is 1. The molecule has 0 radical (unpaired) electrons. The lowest BCUT2D eigenvalue weighted by Gasteiger charge is -2.30. The average Bonchev–Trinajstić information content (AvgIpc) is 3.02. The van der Waals surface area contributed by atoms with Crippen LogP contribution in [0.2, 0.25) is 0 Å². The Bertz CT molecular complexity index is 754. The van der Waals surface area contributed by atoms with Gasteiger partial charge in [0.05, 0.1) is 32.0 Å². The Morgan fingerprint density at radius 1 is 1.21 bits per heavy atom. The summed E-state index contributed by atoms with van der Waals surface area (Å²) in [6.07, 6.45) is 0. The first-order chi connectivity index (χ1) is 13.2. The third kappa shape index (κ3) is 6.31. The maximum atomic E-state index is 5.48. The molecule has 0 unspecified atom stereocenters. The van der Waals surface area contributed by atoms with Crippen molar-refractivity contribution in [1.82, 2.24) is 15.6 Å². The lowest BCUT2D eigenvalue weighted by Crippen LogP contribution is -2.37. The van der Waals surface area contributed by atoms with Crippen LogP contribution in [0.25, 0.3) is 0 Å². The van der Waals surface area contributed by atoms with Crippen molar-refractivity contribution in [2.45, 2.75) is 33.9 Å². The van der Waals surface area contributed by atoms with Gasteiger partial charge in [-0.3, -0.25) is 0 Å². The summed E-state index contributed by atoms with van der Waals surface area (Å²) in [5.41, 5.74) is 3.60. The molecule has 1 aliphatic heterocycles. The first-order valence-corrected chi connectivity index (χ1v) is 10.3. The molecule has 2 heterocycles. The maximum absolute atomic E-state index is 5.48. The van der Waals surface area contributed by atoms with Crippen molar-refractivity contribution in [3.05, 3.63) is 45.4 Å². The summed E-state index contributed by atoms with van der Waals surface area (Å²) in [5.74, 6) is 0.819. The molecule has 1 aromatic carbocycles. The topological polar surface area (TPSA) is 61.8 Å². The number of nitrogens with zero attached hydrogens (tertiary/aromatic N) is 3. The van der Waals surface area contributed by atoms with Gasteiger partial charge in [-0.05, 0) is 32.4 Å². The van der Waals surface area contributed by atoms with Gasteiger partial charge in [0.2, 0.25) is 0 Å². The van der Waals surface area contributed by atoms with E-state index >= 15 is 0 Å². The number of morpholine rings is 1. The van der Waals surface area contributed by atoms with Gasteiger partial charge in [0, 0.05) is 30.2 Å². The highest BCUT2D eigenvalue weighted by Gasteiger charge is 2.14. The molecule has 6 nitrogen and oxygen atoms in total. The van der Waals surface area contributed by atoms with Gasteiger partial charge in [0.15, 0.2) is 5.96 Å². The van der Waals surface area contributed by atoms with Crippen LogP contribution in [0.5, 0.6) is 0 Å². The van der Waals surface area contributed by atoms with E-state index in [4.69, 9.17) is 9.73 Å². The van der Waals surface area contributed by atoms with E-state index in [1.165, 1.54) is 16.1 Å². The molecule has 1 saturated heterocycles. The van der Waals surface area contributed by atoms with Crippen molar-refractivity contribution < 1.29 is 4.74 Å². The number of benzene rings is 1. The van der Waals surface area contributed by atoms with Crippen molar-refractivity contribution in [3.8, 4) is 0 Å². The Labute approximate surface area is 188 Å². The molecule has 1 fully saturated rings. The van der Waals surface area contributed by atoms with E-state index in [-0.39, 0.29) is 24.0 Å². The summed E-state index contributed by atoms with van der Waals surface area (Å²) < 4.78 is 5.48. The molecule has 154 valence electrons. The van der Waals surface area contributed by atoms with Gasteiger partial charge in [-0.15, -0.1) is 35.3 Å². The Hall–Kier alpha value is -1.39. The smallest absolute Gasteiger partial charge is 0.191 e. The second kappa shape index (κ2) is 11.6. The molecule has 0 aliphatic carbocycles. The molecule has 2 N–H and O–H groups in total. The summed E-state index contributed by atoms with van der Waals surface area (Å²) in [6, 6.07) is 8.51. The van der Waals surface area contributed by atoms with Crippen LogP contribution in [-0.4, -0.2) is 43.8 Å². The van der Waals surface area contributed by atoms with Crippen LogP contribution in [0.3, 0.4) is 0 Å². The minimum absolute atomic E-state index is 0.